The molecule has 1 aliphatic rings. The van der Waals surface area contributed by atoms with Gasteiger partial charge in [0.05, 0.1) is 18.8 Å². The minimum Gasteiger partial charge on any atom is -0.497 e. The second-order valence-electron chi connectivity index (χ2n) is 6.08. The van der Waals surface area contributed by atoms with Crippen molar-refractivity contribution >= 4 is 5.91 Å². The molecule has 128 valence electrons. The van der Waals surface area contributed by atoms with E-state index in [-0.39, 0.29) is 11.9 Å². The first-order chi connectivity index (χ1) is 12.2. The van der Waals surface area contributed by atoms with Crippen LogP contribution in [0.4, 0.5) is 0 Å². The van der Waals surface area contributed by atoms with Crippen LogP contribution in [0.5, 0.6) is 5.75 Å². The van der Waals surface area contributed by atoms with Crippen molar-refractivity contribution in [3.8, 4) is 17.0 Å². The van der Waals surface area contributed by atoms with E-state index >= 15 is 0 Å². The molecule has 1 aliphatic heterocycles. The third-order valence-corrected chi connectivity index (χ3v) is 4.52. The number of hydrogen-bond acceptors (Lipinski definition) is 4. The number of aromatic nitrogens is 4. The van der Waals surface area contributed by atoms with Crippen molar-refractivity contribution in [1.82, 2.24) is 24.9 Å². The molecule has 1 fully saturated rings. The number of hydrogen-bond donors (Lipinski definition) is 1. The summed E-state index contributed by atoms with van der Waals surface area (Å²) in [7, 11) is 1.63. The van der Waals surface area contributed by atoms with Gasteiger partial charge in [0.2, 0.25) is 0 Å². The molecular formula is C18H19N5O2. The zero-order chi connectivity index (χ0) is 17.2. The van der Waals surface area contributed by atoms with Crippen molar-refractivity contribution in [3.05, 3.63) is 54.5 Å². The summed E-state index contributed by atoms with van der Waals surface area (Å²) in [6, 6.07) is 11.5. The van der Waals surface area contributed by atoms with Gasteiger partial charge in [-0.1, -0.05) is 12.1 Å². The number of rotatable bonds is 4. The van der Waals surface area contributed by atoms with Crippen LogP contribution < -0.4 is 4.74 Å². The van der Waals surface area contributed by atoms with E-state index in [4.69, 9.17) is 4.74 Å². The number of methoxy groups -OCH3 is 1. The normalized spacial score (nSPS) is 17.0. The Bertz CT molecular complexity index is 871. The van der Waals surface area contributed by atoms with Crippen LogP contribution in [0.25, 0.3) is 11.3 Å². The van der Waals surface area contributed by atoms with E-state index in [9.17, 15) is 4.79 Å². The average molecular weight is 337 g/mol. The first-order valence-corrected chi connectivity index (χ1v) is 8.23. The van der Waals surface area contributed by atoms with Crippen molar-refractivity contribution < 1.29 is 9.53 Å². The number of amides is 1. The predicted octanol–water partition coefficient (Wildman–Crippen LogP) is 2.37. The summed E-state index contributed by atoms with van der Waals surface area (Å²) in [6.45, 7) is 1.38. The smallest absolute Gasteiger partial charge is 0.271 e. The Hall–Kier alpha value is -3.09. The van der Waals surface area contributed by atoms with Gasteiger partial charge < -0.3 is 9.64 Å². The number of H-pyrrole nitrogens is 1. The largest absolute Gasteiger partial charge is 0.497 e. The Morgan fingerprint density at radius 3 is 3.04 bits per heavy atom. The maximum absolute atomic E-state index is 12.7. The molecule has 3 heterocycles. The number of ether oxygens (including phenoxy) is 1. The number of nitrogens with one attached hydrogen (secondary N) is 1. The van der Waals surface area contributed by atoms with E-state index < -0.39 is 0 Å². The van der Waals surface area contributed by atoms with Crippen LogP contribution in [0, 0.1) is 0 Å². The van der Waals surface area contributed by atoms with Crippen molar-refractivity contribution in [2.24, 2.45) is 0 Å². The Labute approximate surface area is 145 Å². The van der Waals surface area contributed by atoms with Gasteiger partial charge in [-0.3, -0.25) is 14.6 Å². The molecule has 1 saturated heterocycles. The van der Waals surface area contributed by atoms with E-state index in [1.54, 1.807) is 19.4 Å². The first kappa shape index (κ1) is 15.4. The zero-order valence-electron chi connectivity index (χ0n) is 13.9. The summed E-state index contributed by atoms with van der Waals surface area (Å²) >= 11 is 0. The fourth-order valence-electron chi connectivity index (χ4n) is 3.17. The van der Waals surface area contributed by atoms with Gasteiger partial charge in [-0.2, -0.15) is 10.2 Å². The number of likely N-dealkylation sites (tertiary alicyclic amines) is 1. The Balaban J connectivity index is 1.49. The van der Waals surface area contributed by atoms with E-state index in [0.717, 1.165) is 30.0 Å². The van der Waals surface area contributed by atoms with Crippen LogP contribution in [0.1, 0.15) is 23.0 Å². The molecule has 7 nitrogen and oxygen atoms in total. The Morgan fingerprint density at radius 1 is 1.32 bits per heavy atom. The van der Waals surface area contributed by atoms with Gasteiger partial charge in [-0.15, -0.1) is 0 Å². The van der Waals surface area contributed by atoms with Crippen LogP contribution >= 0.6 is 0 Å². The van der Waals surface area contributed by atoms with Crippen LogP contribution in [0.2, 0.25) is 0 Å². The number of carbonyl (C=O) groups excluding carboxylic acids is 1. The Morgan fingerprint density at radius 2 is 2.24 bits per heavy atom. The molecule has 0 aliphatic carbocycles. The van der Waals surface area contributed by atoms with Gasteiger partial charge in [0.1, 0.15) is 11.4 Å². The van der Waals surface area contributed by atoms with Crippen molar-refractivity contribution in [1.29, 1.82) is 0 Å². The van der Waals surface area contributed by atoms with Gasteiger partial charge in [0, 0.05) is 31.0 Å². The number of nitrogens with zero attached hydrogens (tertiary/aromatic N) is 4. The highest BCUT2D eigenvalue weighted by molar-refractivity contribution is 5.93. The molecule has 4 rings (SSSR count). The van der Waals surface area contributed by atoms with Crippen LogP contribution in [0.3, 0.4) is 0 Å². The molecule has 1 unspecified atom stereocenters. The van der Waals surface area contributed by atoms with E-state index in [0.29, 0.717) is 12.2 Å². The minimum atomic E-state index is -0.0312. The molecule has 7 heteroatoms. The monoisotopic (exact) mass is 337 g/mol. The summed E-state index contributed by atoms with van der Waals surface area (Å²) < 4.78 is 7.16. The standard InChI is InChI=1S/C18H19N5O2/c1-25-15-5-2-4-13(10-15)16-11-17(21-20-16)18(24)22-9-6-14(12-22)23-8-3-7-19-23/h2-5,7-8,10-11,14H,6,9,12H2,1H3,(H,20,21). The fraction of sp³-hybridized carbons (Fsp3) is 0.278. The maximum Gasteiger partial charge on any atom is 0.271 e. The molecular weight excluding hydrogens is 318 g/mol. The minimum absolute atomic E-state index is 0.0312. The molecule has 0 radical (unpaired) electrons. The lowest BCUT2D eigenvalue weighted by molar-refractivity contribution is 0.0781. The van der Waals surface area contributed by atoms with E-state index in [2.05, 4.69) is 15.3 Å². The topological polar surface area (TPSA) is 76.0 Å². The number of carbonyl (C=O) groups is 1. The second-order valence-corrected chi connectivity index (χ2v) is 6.08. The quantitative estimate of drug-likeness (QED) is 0.793. The molecule has 0 bridgehead atoms. The van der Waals surface area contributed by atoms with Gasteiger partial charge in [-0.25, -0.2) is 0 Å². The highest BCUT2D eigenvalue weighted by Crippen LogP contribution is 2.25. The molecule has 25 heavy (non-hydrogen) atoms. The highest BCUT2D eigenvalue weighted by atomic mass is 16.5. The lowest BCUT2D eigenvalue weighted by Crippen LogP contribution is -2.29. The first-order valence-electron chi connectivity index (χ1n) is 8.23. The van der Waals surface area contributed by atoms with Crippen LogP contribution in [-0.2, 0) is 0 Å². The summed E-state index contributed by atoms with van der Waals surface area (Å²) in [5.41, 5.74) is 2.13. The maximum atomic E-state index is 12.7. The summed E-state index contributed by atoms with van der Waals surface area (Å²) in [6.07, 6.45) is 4.61. The lowest BCUT2D eigenvalue weighted by Gasteiger charge is -2.15. The van der Waals surface area contributed by atoms with Gasteiger partial charge in [0.25, 0.3) is 5.91 Å². The number of aromatic amines is 1. The SMILES string of the molecule is COc1cccc(-c2cc(C(=O)N3CCC(n4cccn4)C3)[nH]n2)c1. The molecule has 0 saturated carbocycles. The van der Waals surface area contributed by atoms with E-state index in [1.807, 2.05) is 46.1 Å². The van der Waals surface area contributed by atoms with Gasteiger partial charge >= 0.3 is 0 Å². The molecule has 1 amide bonds. The summed E-state index contributed by atoms with van der Waals surface area (Å²) in [4.78, 5) is 14.6. The molecule has 1 aromatic carbocycles. The third kappa shape index (κ3) is 3.00. The molecule has 3 aromatic rings. The molecule has 0 spiro atoms. The van der Waals surface area contributed by atoms with Crippen LogP contribution in [0.15, 0.2) is 48.8 Å². The van der Waals surface area contributed by atoms with Crippen LogP contribution in [-0.4, -0.2) is 51.0 Å². The zero-order valence-corrected chi connectivity index (χ0v) is 13.9. The molecule has 2 aromatic heterocycles. The van der Waals surface area contributed by atoms with Crippen molar-refractivity contribution in [2.45, 2.75) is 12.5 Å². The van der Waals surface area contributed by atoms with Crippen molar-refractivity contribution in [2.75, 3.05) is 20.2 Å². The number of benzene rings is 1. The third-order valence-electron chi connectivity index (χ3n) is 4.52. The summed E-state index contributed by atoms with van der Waals surface area (Å²) in [5, 5.41) is 11.4. The fourth-order valence-corrected chi connectivity index (χ4v) is 3.17. The predicted molar refractivity (Wildman–Crippen MR) is 92.4 cm³/mol. The lowest BCUT2D eigenvalue weighted by atomic mass is 10.1. The molecule has 1 atom stereocenters. The average Bonchev–Trinajstić information content (AvgIpc) is 3.42. The van der Waals surface area contributed by atoms with Crippen molar-refractivity contribution in [3.63, 3.8) is 0 Å². The van der Waals surface area contributed by atoms with Gasteiger partial charge in [-0.05, 0) is 30.7 Å². The van der Waals surface area contributed by atoms with Gasteiger partial charge in [0.15, 0.2) is 0 Å². The Kier molecular flexibility index (Phi) is 3.97. The second kappa shape index (κ2) is 6.43. The molecule has 1 N–H and O–H groups in total. The van der Waals surface area contributed by atoms with E-state index in [1.165, 1.54) is 0 Å². The summed E-state index contributed by atoms with van der Waals surface area (Å²) in [5.74, 6) is 0.728. The highest BCUT2D eigenvalue weighted by Gasteiger charge is 2.29.